The molecule has 19 heavy (non-hydrogen) atoms. The Kier molecular flexibility index (Phi) is 2.81. The molecule has 1 heterocycles. The monoisotopic (exact) mass is 257 g/mol. The number of benzene rings is 1. The van der Waals surface area contributed by atoms with Crippen molar-refractivity contribution in [2.75, 3.05) is 5.32 Å². The summed E-state index contributed by atoms with van der Waals surface area (Å²) in [6.45, 7) is 1.81. The molecule has 0 aromatic heterocycles. The largest absolute Gasteiger partial charge is 0.326 e. The van der Waals surface area contributed by atoms with Crippen LogP contribution in [0.5, 0.6) is 0 Å². The van der Waals surface area contributed by atoms with Crippen LogP contribution in [-0.2, 0) is 9.59 Å². The third-order valence-corrected chi connectivity index (χ3v) is 3.53. The van der Waals surface area contributed by atoms with Gasteiger partial charge in [-0.05, 0) is 18.6 Å². The van der Waals surface area contributed by atoms with Crippen LogP contribution >= 0.6 is 0 Å². The summed E-state index contributed by atoms with van der Waals surface area (Å²) in [4.78, 5) is 22.8. The topological polar surface area (TPSA) is 70.6 Å². The molecular weight excluding hydrogens is 242 g/mol. The summed E-state index contributed by atoms with van der Waals surface area (Å²) in [6.07, 6.45) is 1.32. The molecule has 1 aliphatic heterocycles. The average molecular weight is 257 g/mol. The van der Waals surface area contributed by atoms with Crippen molar-refractivity contribution in [1.29, 1.82) is 0 Å². The Morgan fingerprint density at radius 1 is 1.47 bits per heavy atom. The predicted octanol–water partition coefficient (Wildman–Crippen LogP) is 1.51. The molecule has 2 aliphatic rings. The molecule has 1 aromatic rings. The van der Waals surface area contributed by atoms with Crippen molar-refractivity contribution >= 4 is 23.2 Å². The van der Waals surface area contributed by atoms with E-state index in [1.54, 1.807) is 0 Å². The highest BCUT2D eigenvalue weighted by Gasteiger charge is 2.49. The highest BCUT2D eigenvalue weighted by molar-refractivity contribution is 6.10. The summed E-state index contributed by atoms with van der Waals surface area (Å²) < 4.78 is 0. The first-order chi connectivity index (χ1) is 9.19. The Balaban J connectivity index is 1.84. The summed E-state index contributed by atoms with van der Waals surface area (Å²) >= 11 is 0. The van der Waals surface area contributed by atoms with Gasteiger partial charge in [-0.15, -0.1) is 0 Å². The molecule has 5 nitrogen and oxygen atoms in total. The van der Waals surface area contributed by atoms with Crippen molar-refractivity contribution in [2.45, 2.75) is 19.8 Å². The van der Waals surface area contributed by atoms with Crippen molar-refractivity contribution in [3.63, 3.8) is 0 Å². The number of carbonyl (C=O) groups is 2. The fourth-order valence-electron chi connectivity index (χ4n) is 2.35. The number of amides is 2. The Labute approximate surface area is 111 Å². The molecule has 0 spiro atoms. The first-order valence-electron chi connectivity index (χ1n) is 6.46. The molecule has 0 radical (unpaired) electrons. The lowest BCUT2D eigenvalue weighted by Gasteiger charge is -2.12. The Hall–Kier alpha value is -2.17. The molecule has 1 aliphatic carbocycles. The van der Waals surface area contributed by atoms with Crippen LogP contribution in [0.2, 0.25) is 0 Å². The minimum atomic E-state index is -0.0136. The Bertz CT molecular complexity index is 580. The van der Waals surface area contributed by atoms with Crippen LogP contribution in [0.3, 0.4) is 0 Å². The lowest BCUT2D eigenvalue weighted by molar-refractivity contribution is -0.122. The average Bonchev–Trinajstić information content (AvgIpc) is 3.20. The second-order valence-corrected chi connectivity index (χ2v) is 4.90. The van der Waals surface area contributed by atoms with Gasteiger partial charge in [-0.3, -0.25) is 9.59 Å². The van der Waals surface area contributed by atoms with Crippen LogP contribution in [0.1, 0.15) is 25.3 Å². The van der Waals surface area contributed by atoms with E-state index in [4.69, 9.17) is 0 Å². The zero-order chi connectivity index (χ0) is 13.4. The SMILES string of the molecule is CCC(=O)Nc1cccc(C2=NNC(=O)C3CC23)c1. The maximum absolute atomic E-state index is 11.4. The van der Waals surface area contributed by atoms with Crippen molar-refractivity contribution < 1.29 is 9.59 Å². The van der Waals surface area contributed by atoms with Gasteiger partial charge in [0.1, 0.15) is 0 Å². The number of anilines is 1. The molecule has 1 saturated carbocycles. The zero-order valence-electron chi connectivity index (χ0n) is 10.6. The summed E-state index contributed by atoms with van der Waals surface area (Å²) in [5, 5.41) is 6.98. The molecular formula is C14H15N3O2. The number of nitrogens with zero attached hydrogens (tertiary/aromatic N) is 1. The van der Waals surface area contributed by atoms with Gasteiger partial charge < -0.3 is 5.32 Å². The number of hydrogen-bond donors (Lipinski definition) is 2. The Morgan fingerprint density at radius 3 is 3.11 bits per heavy atom. The quantitative estimate of drug-likeness (QED) is 0.861. The van der Waals surface area contributed by atoms with Gasteiger partial charge in [0.25, 0.3) is 0 Å². The van der Waals surface area contributed by atoms with Crippen LogP contribution in [0, 0.1) is 11.8 Å². The van der Waals surface area contributed by atoms with Gasteiger partial charge in [0.15, 0.2) is 0 Å². The van der Waals surface area contributed by atoms with Gasteiger partial charge in [0, 0.05) is 29.5 Å². The fourth-order valence-corrected chi connectivity index (χ4v) is 2.35. The zero-order valence-corrected chi connectivity index (χ0v) is 10.6. The van der Waals surface area contributed by atoms with Crippen LogP contribution in [0.25, 0.3) is 0 Å². The fraction of sp³-hybridized carbons (Fsp3) is 0.357. The number of fused-ring (bicyclic) bond motifs is 1. The third kappa shape index (κ3) is 2.23. The number of hydrogen-bond acceptors (Lipinski definition) is 3. The standard InChI is InChI=1S/C14H15N3O2/c1-2-12(18)15-9-5-3-4-8(6-9)13-10-7-11(10)14(19)17-16-13/h3-6,10-11H,2,7H2,1H3,(H,15,18)(H,17,19). The maximum atomic E-state index is 11.4. The normalized spacial score (nSPS) is 24.1. The van der Waals surface area contributed by atoms with E-state index in [0.717, 1.165) is 23.4 Å². The molecule has 2 atom stereocenters. The lowest BCUT2D eigenvalue weighted by Crippen LogP contribution is -2.28. The molecule has 0 bridgehead atoms. The molecule has 2 N–H and O–H groups in total. The molecule has 3 rings (SSSR count). The molecule has 2 unspecified atom stereocenters. The molecule has 5 heteroatoms. The van der Waals surface area contributed by atoms with Gasteiger partial charge >= 0.3 is 0 Å². The van der Waals surface area contributed by atoms with Gasteiger partial charge in [-0.1, -0.05) is 19.1 Å². The minimum absolute atomic E-state index is 0.0136. The maximum Gasteiger partial charge on any atom is 0.243 e. The van der Waals surface area contributed by atoms with E-state index in [9.17, 15) is 9.59 Å². The van der Waals surface area contributed by atoms with E-state index in [-0.39, 0.29) is 23.7 Å². The van der Waals surface area contributed by atoms with Crippen LogP contribution in [0.15, 0.2) is 29.4 Å². The number of carbonyl (C=O) groups excluding carboxylic acids is 2. The summed E-state index contributed by atoms with van der Waals surface area (Å²) in [5.41, 5.74) is 5.19. The van der Waals surface area contributed by atoms with Crippen LogP contribution in [-0.4, -0.2) is 17.5 Å². The third-order valence-electron chi connectivity index (χ3n) is 3.53. The van der Waals surface area contributed by atoms with Crippen molar-refractivity contribution in [1.82, 2.24) is 5.43 Å². The van der Waals surface area contributed by atoms with Crippen molar-refractivity contribution in [3.05, 3.63) is 29.8 Å². The first kappa shape index (κ1) is 11.9. The molecule has 2 amide bonds. The van der Waals surface area contributed by atoms with E-state index in [2.05, 4.69) is 15.8 Å². The predicted molar refractivity (Wildman–Crippen MR) is 71.6 cm³/mol. The minimum Gasteiger partial charge on any atom is -0.326 e. The number of rotatable bonds is 3. The van der Waals surface area contributed by atoms with Gasteiger partial charge in [-0.25, -0.2) is 5.43 Å². The van der Waals surface area contributed by atoms with E-state index in [1.807, 2.05) is 31.2 Å². The van der Waals surface area contributed by atoms with Gasteiger partial charge in [0.2, 0.25) is 11.8 Å². The number of hydrazone groups is 1. The molecule has 98 valence electrons. The van der Waals surface area contributed by atoms with Crippen LogP contribution in [0.4, 0.5) is 5.69 Å². The van der Waals surface area contributed by atoms with E-state index in [1.165, 1.54) is 0 Å². The van der Waals surface area contributed by atoms with Crippen LogP contribution < -0.4 is 10.7 Å². The lowest BCUT2D eigenvalue weighted by atomic mass is 10.0. The summed E-state index contributed by atoms with van der Waals surface area (Å²) in [6, 6.07) is 7.59. The van der Waals surface area contributed by atoms with Gasteiger partial charge in [-0.2, -0.15) is 5.10 Å². The Morgan fingerprint density at radius 2 is 2.32 bits per heavy atom. The second-order valence-electron chi connectivity index (χ2n) is 4.90. The molecule has 1 fully saturated rings. The highest BCUT2D eigenvalue weighted by Crippen LogP contribution is 2.43. The van der Waals surface area contributed by atoms with E-state index >= 15 is 0 Å². The van der Waals surface area contributed by atoms with E-state index < -0.39 is 0 Å². The van der Waals surface area contributed by atoms with Crippen molar-refractivity contribution in [2.24, 2.45) is 16.9 Å². The second kappa shape index (κ2) is 4.50. The summed E-state index contributed by atoms with van der Waals surface area (Å²) in [7, 11) is 0. The van der Waals surface area contributed by atoms with Gasteiger partial charge in [0.05, 0.1) is 5.71 Å². The highest BCUT2D eigenvalue weighted by atomic mass is 16.2. The number of nitrogens with one attached hydrogen (secondary N) is 2. The smallest absolute Gasteiger partial charge is 0.243 e. The molecule has 1 aromatic carbocycles. The molecule has 0 saturated heterocycles. The first-order valence-corrected chi connectivity index (χ1v) is 6.46. The summed E-state index contributed by atoms with van der Waals surface area (Å²) in [5.74, 6) is 0.330. The van der Waals surface area contributed by atoms with Crippen molar-refractivity contribution in [3.8, 4) is 0 Å². The van der Waals surface area contributed by atoms with E-state index in [0.29, 0.717) is 6.42 Å².